The number of hydrogen-bond acceptors (Lipinski definition) is 2. The van der Waals surface area contributed by atoms with Crippen LogP contribution in [-0.4, -0.2) is 24.4 Å². The highest BCUT2D eigenvalue weighted by Gasteiger charge is 2.24. The van der Waals surface area contributed by atoms with Crippen molar-refractivity contribution in [1.29, 1.82) is 0 Å². The molecule has 1 N–H and O–H groups in total. The van der Waals surface area contributed by atoms with Crippen molar-refractivity contribution in [1.82, 2.24) is 4.90 Å². The van der Waals surface area contributed by atoms with Crippen molar-refractivity contribution in [3.8, 4) is 0 Å². The van der Waals surface area contributed by atoms with Gasteiger partial charge in [-0.1, -0.05) is 36.4 Å². The van der Waals surface area contributed by atoms with Crippen molar-refractivity contribution in [3.63, 3.8) is 0 Å². The Kier molecular flexibility index (Phi) is 5.13. The first kappa shape index (κ1) is 16.2. The summed E-state index contributed by atoms with van der Waals surface area (Å²) in [7, 11) is 2.03. The average molecular weight is 373 g/mol. The smallest absolute Gasteiger partial charge is 0.238 e. The molecular weight excluding hydrogens is 352 g/mol. The van der Waals surface area contributed by atoms with Crippen LogP contribution in [0.1, 0.15) is 30.0 Å². The van der Waals surface area contributed by atoms with Gasteiger partial charge in [0.25, 0.3) is 0 Å². The maximum Gasteiger partial charge on any atom is 0.238 e. The molecule has 0 bridgehead atoms. The number of carbonyl (C=O) groups is 1. The van der Waals surface area contributed by atoms with Gasteiger partial charge < -0.3 is 5.32 Å². The third-order valence-electron chi connectivity index (χ3n) is 4.41. The zero-order valence-corrected chi connectivity index (χ0v) is 14.8. The highest BCUT2D eigenvalue weighted by Crippen LogP contribution is 2.33. The lowest BCUT2D eigenvalue weighted by Crippen LogP contribution is -2.34. The van der Waals surface area contributed by atoms with Gasteiger partial charge in [-0.05, 0) is 65.5 Å². The van der Waals surface area contributed by atoms with Gasteiger partial charge in [-0.3, -0.25) is 9.69 Å². The van der Waals surface area contributed by atoms with Gasteiger partial charge in [0.05, 0.1) is 12.2 Å². The molecule has 2 aromatic carbocycles. The first-order valence-corrected chi connectivity index (χ1v) is 8.77. The average Bonchev–Trinajstić information content (AvgIpc) is 2.56. The van der Waals surface area contributed by atoms with Crippen LogP contribution in [-0.2, 0) is 11.2 Å². The van der Waals surface area contributed by atoms with E-state index in [9.17, 15) is 4.79 Å². The molecule has 0 aromatic heterocycles. The molecule has 4 heteroatoms. The number of carbonyl (C=O) groups excluding carboxylic acids is 1. The minimum atomic E-state index is 0.0162. The first-order valence-electron chi connectivity index (χ1n) is 7.97. The Labute approximate surface area is 145 Å². The van der Waals surface area contributed by atoms with E-state index in [1.807, 2.05) is 31.3 Å². The van der Waals surface area contributed by atoms with Crippen LogP contribution in [0.25, 0.3) is 0 Å². The minimum Gasteiger partial charge on any atom is -0.324 e. The third-order valence-corrected chi connectivity index (χ3v) is 5.10. The van der Waals surface area contributed by atoms with Gasteiger partial charge in [-0.2, -0.15) is 0 Å². The van der Waals surface area contributed by atoms with E-state index in [-0.39, 0.29) is 5.91 Å². The van der Waals surface area contributed by atoms with Crippen molar-refractivity contribution >= 4 is 27.5 Å². The topological polar surface area (TPSA) is 32.3 Å². The fourth-order valence-corrected chi connectivity index (χ4v) is 3.66. The zero-order chi connectivity index (χ0) is 16.2. The lowest BCUT2D eigenvalue weighted by molar-refractivity contribution is -0.117. The molecule has 2 aromatic rings. The molecular formula is C19H21BrN2O. The van der Waals surface area contributed by atoms with Crippen molar-refractivity contribution in [2.75, 3.05) is 18.9 Å². The van der Waals surface area contributed by atoms with Crippen molar-refractivity contribution in [3.05, 3.63) is 64.1 Å². The van der Waals surface area contributed by atoms with Crippen LogP contribution in [0.15, 0.2) is 53.0 Å². The Bertz CT molecular complexity index is 701. The SMILES string of the molecule is CN(CC(=O)Nc1ccccc1Br)[C@H]1CCCc2ccccc21. The maximum absolute atomic E-state index is 12.4. The lowest BCUT2D eigenvalue weighted by atomic mass is 9.87. The Morgan fingerprint density at radius 1 is 1.22 bits per heavy atom. The number of aryl methyl sites for hydroxylation is 1. The van der Waals surface area contributed by atoms with E-state index in [1.165, 1.54) is 17.5 Å². The molecule has 0 fully saturated rings. The molecule has 0 heterocycles. The second-order valence-corrected chi connectivity index (χ2v) is 6.90. The first-order chi connectivity index (χ1) is 11.1. The quantitative estimate of drug-likeness (QED) is 0.862. The minimum absolute atomic E-state index is 0.0162. The van der Waals surface area contributed by atoms with Crippen LogP contribution >= 0.6 is 15.9 Å². The summed E-state index contributed by atoms with van der Waals surface area (Å²) in [6.45, 7) is 0.389. The number of amides is 1. The van der Waals surface area contributed by atoms with E-state index in [0.29, 0.717) is 12.6 Å². The lowest BCUT2D eigenvalue weighted by Gasteiger charge is -2.32. The van der Waals surface area contributed by atoms with Gasteiger partial charge in [0.1, 0.15) is 0 Å². The van der Waals surface area contributed by atoms with Crippen LogP contribution in [0.2, 0.25) is 0 Å². The van der Waals surface area contributed by atoms with Gasteiger partial charge in [0, 0.05) is 10.5 Å². The number of likely N-dealkylation sites (N-methyl/N-ethyl adjacent to an activating group) is 1. The molecule has 3 rings (SSSR count). The fourth-order valence-electron chi connectivity index (χ4n) is 3.28. The van der Waals surface area contributed by atoms with Gasteiger partial charge in [-0.25, -0.2) is 0 Å². The number of fused-ring (bicyclic) bond motifs is 1. The van der Waals surface area contributed by atoms with E-state index in [4.69, 9.17) is 0 Å². The number of rotatable bonds is 4. The molecule has 1 atom stereocenters. The highest BCUT2D eigenvalue weighted by atomic mass is 79.9. The molecule has 0 unspecified atom stereocenters. The van der Waals surface area contributed by atoms with Crippen LogP contribution in [0.3, 0.4) is 0 Å². The summed E-state index contributed by atoms with van der Waals surface area (Å²) in [5.41, 5.74) is 3.60. The number of hydrogen-bond donors (Lipinski definition) is 1. The largest absolute Gasteiger partial charge is 0.324 e. The molecule has 1 aliphatic rings. The molecule has 0 saturated carbocycles. The maximum atomic E-state index is 12.4. The monoisotopic (exact) mass is 372 g/mol. The van der Waals surface area contributed by atoms with Crippen molar-refractivity contribution < 1.29 is 4.79 Å². The Morgan fingerprint density at radius 2 is 1.96 bits per heavy atom. The standard InChI is InChI=1S/C19H21BrN2O/c1-22(13-19(23)21-17-11-5-4-10-16(17)20)18-12-6-8-14-7-2-3-9-15(14)18/h2-5,7,9-11,18H,6,8,12-13H2,1H3,(H,21,23)/t18-/m0/s1. The molecule has 1 amide bonds. The molecule has 0 aliphatic heterocycles. The summed E-state index contributed by atoms with van der Waals surface area (Å²) in [5.74, 6) is 0.0162. The summed E-state index contributed by atoms with van der Waals surface area (Å²) in [6, 6.07) is 16.6. The molecule has 0 radical (unpaired) electrons. The number of para-hydroxylation sites is 1. The van der Waals surface area contributed by atoms with Crippen molar-refractivity contribution in [2.45, 2.75) is 25.3 Å². The fraction of sp³-hybridized carbons (Fsp3) is 0.316. The summed E-state index contributed by atoms with van der Waals surface area (Å²) in [6.07, 6.45) is 3.43. The zero-order valence-electron chi connectivity index (χ0n) is 13.3. The van der Waals surface area contributed by atoms with Gasteiger partial charge in [0.2, 0.25) is 5.91 Å². The Balaban J connectivity index is 1.67. The Hall–Kier alpha value is -1.65. The molecule has 1 aliphatic carbocycles. The van der Waals surface area contributed by atoms with E-state index in [2.05, 4.69) is 50.4 Å². The van der Waals surface area contributed by atoms with Crippen LogP contribution < -0.4 is 5.32 Å². The molecule has 23 heavy (non-hydrogen) atoms. The predicted octanol–water partition coefficient (Wildman–Crippen LogP) is 4.40. The van der Waals surface area contributed by atoms with E-state index >= 15 is 0 Å². The summed E-state index contributed by atoms with van der Waals surface area (Å²) < 4.78 is 0.902. The molecule has 120 valence electrons. The highest BCUT2D eigenvalue weighted by molar-refractivity contribution is 9.10. The number of halogens is 1. The number of benzene rings is 2. The Morgan fingerprint density at radius 3 is 2.78 bits per heavy atom. The normalized spacial score (nSPS) is 16.9. The number of nitrogens with zero attached hydrogens (tertiary/aromatic N) is 1. The van der Waals surface area contributed by atoms with Crippen LogP contribution in [0, 0.1) is 0 Å². The van der Waals surface area contributed by atoms with E-state index in [0.717, 1.165) is 23.0 Å². The van der Waals surface area contributed by atoms with Crippen LogP contribution in [0.4, 0.5) is 5.69 Å². The summed E-state index contributed by atoms with van der Waals surface area (Å²) in [4.78, 5) is 14.5. The predicted molar refractivity (Wildman–Crippen MR) is 97.5 cm³/mol. The second kappa shape index (κ2) is 7.28. The van der Waals surface area contributed by atoms with Crippen molar-refractivity contribution in [2.24, 2.45) is 0 Å². The molecule has 3 nitrogen and oxygen atoms in total. The second-order valence-electron chi connectivity index (χ2n) is 6.05. The third kappa shape index (κ3) is 3.82. The van der Waals surface area contributed by atoms with Crippen LogP contribution in [0.5, 0.6) is 0 Å². The van der Waals surface area contributed by atoms with E-state index in [1.54, 1.807) is 0 Å². The van der Waals surface area contributed by atoms with E-state index < -0.39 is 0 Å². The summed E-state index contributed by atoms with van der Waals surface area (Å²) in [5, 5.41) is 2.98. The van der Waals surface area contributed by atoms with Gasteiger partial charge in [0.15, 0.2) is 0 Å². The number of anilines is 1. The van der Waals surface area contributed by atoms with Gasteiger partial charge in [-0.15, -0.1) is 0 Å². The summed E-state index contributed by atoms with van der Waals surface area (Å²) >= 11 is 3.46. The van der Waals surface area contributed by atoms with Gasteiger partial charge >= 0.3 is 0 Å². The molecule has 0 saturated heterocycles. The molecule has 0 spiro atoms. The number of nitrogens with one attached hydrogen (secondary N) is 1.